The van der Waals surface area contributed by atoms with Gasteiger partial charge in [0.2, 0.25) is 5.82 Å². The third kappa shape index (κ3) is 3.03. The molecule has 1 heterocycles. The van der Waals surface area contributed by atoms with Gasteiger partial charge in [-0.15, -0.1) is 0 Å². The molecule has 23 heavy (non-hydrogen) atoms. The van der Waals surface area contributed by atoms with E-state index in [1.165, 1.54) is 20.3 Å². The van der Waals surface area contributed by atoms with Crippen LogP contribution in [0.5, 0.6) is 5.75 Å². The highest BCUT2D eigenvalue weighted by molar-refractivity contribution is 5.75. The van der Waals surface area contributed by atoms with Crippen molar-refractivity contribution in [3.8, 4) is 5.75 Å². The van der Waals surface area contributed by atoms with Crippen molar-refractivity contribution >= 4 is 5.97 Å². The van der Waals surface area contributed by atoms with Crippen LogP contribution in [0, 0.1) is 17.6 Å². The van der Waals surface area contributed by atoms with E-state index < -0.39 is 41.8 Å². The molecule has 1 fully saturated rings. The molecule has 4 atom stereocenters. The van der Waals surface area contributed by atoms with E-state index in [0.717, 1.165) is 6.07 Å². The molecule has 1 N–H and O–H groups in total. The molecule has 1 aromatic carbocycles. The molecule has 0 spiro atoms. The highest BCUT2D eigenvalue weighted by Gasteiger charge is 2.51. The first-order valence-corrected chi connectivity index (χ1v) is 7.26. The topological polar surface area (TPSA) is 65.0 Å². The van der Waals surface area contributed by atoms with Gasteiger partial charge in [-0.1, -0.05) is 19.9 Å². The SMILES string of the molecule is COc1c([C@@H]2[C@H](OC)[C@H](C(C)C)O[C@H]2C(=O)O)ccc(F)c1F. The standard InChI is InChI=1S/C16H20F2O5/c1-7(2)12-14(22-4)10(15(23-12)16(19)20)8-5-6-9(17)11(18)13(8)21-3/h5-7,10,12,14-15H,1-4H3,(H,19,20)/t10-,12+,14+,15-/m1/s1. The normalized spacial score (nSPS) is 27.4. The summed E-state index contributed by atoms with van der Waals surface area (Å²) >= 11 is 0. The van der Waals surface area contributed by atoms with Crippen molar-refractivity contribution in [2.75, 3.05) is 14.2 Å². The predicted octanol–water partition coefficient (Wildman–Crippen LogP) is 2.58. The molecule has 1 aromatic rings. The van der Waals surface area contributed by atoms with E-state index >= 15 is 0 Å². The van der Waals surface area contributed by atoms with Crippen LogP contribution >= 0.6 is 0 Å². The zero-order valence-electron chi connectivity index (χ0n) is 13.4. The van der Waals surface area contributed by atoms with Crippen molar-refractivity contribution in [3.63, 3.8) is 0 Å². The van der Waals surface area contributed by atoms with E-state index in [4.69, 9.17) is 14.2 Å². The van der Waals surface area contributed by atoms with E-state index in [2.05, 4.69) is 0 Å². The van der Waals surface area contributed by atoms with Crippen molar-refractivity contribution < 1.29 is 32.9 Å². The number of halogens is 2. The number of carboxylic acids is 1. The summed E-state index contributed by atoms with van der Waals surface area (Å²) in [6.45, 7) is 3.75. The first kappa shape index (κ1) is 17.6. The Morgan fingerprint density at radius 1 is 1.30 bits per heavy atom. The summed E-state index contributed by atoms with van der Waals surface area (Å²) in [5.41, 5.74) is 0.216. The number of rotatable bonds is 5. The van der Waals surface area contributed by atoms with Crippen LogP contribution in [0.4, 0.5) is 8.78 Å². The summed E-state index contributed by atoms with van der Waals surface area (Å²) in [7, 11) is 2.64. The van der Waals surface area contributed by atoms with Gasteiger partial charge in [-0.3, -0.25) is 0 Å². The summed E-state index contributed by atoms with van der Waals surface area (Å²) in [6, 6.07) is 2.26. The second-order valence-electron chi connectivity index (χ2n) is 5.81. The van der Waals surface area contributed by atoms with Gasteiger partial charge in [0, 0.05) is 12.7 Å². The third-order valence-electron chi connectivity index (χ3n) is 4.12. The molecule has 1 aliphatic rings. The second-order valence-corrected chi connectivity index (χ2v) is 5.81. The number of ether oxygens (including phenoxy) is 3. The summed E-state index contributed by atoms with van der Waals surface area (Å²) in [4.78, 5) is 11.6. The molecule has 0 amide bonds. The maximum Gasteiger partial charge on any atom is 0.333 e. The van der Waals surface area contributed by atoms with Crippen LogP contribution in [-0.2, 0) is 14.3 Å². The van der Waals surface area contributed by atoms with Crippen LogP contribution < -0.4 is 4.74 Å². The molecule has 2 rings (SSSR count). The number of methoxy groups -OCH3 is 2. The molecule has 1 saturated heterocycles. The largest absolute Gasteiger partial charge is 0.493 e. The maximum atomic E-state index is 14.0. The van der Waals surface area contributed by atoms with Gasteiger partial charge in [-0.2, -0.15) is 4.39 Å². The van der Waals surface area contributed by atoms with Crippen LogP contribution in [0.3, 0.4) is 0 Å². The Morgan fingerprint density at radius 2 is 1.96 bits per heavy atom. The minimum atomic E-state index is -1.23. The van der Waals surface area contributed by atoms with Crippen LogP contribution in [0.15, 0.2) is 12.1 Å². The maximum absolute atomic E-state index is 14.0. The Hall–Kier alpha value is -1.73. The summed E-state index contributed by atoms with van der Waals surface area (Å²) < 4.78 is 43.5. The van der Waals surface area contributed by atoms with Crippen molar-refractivity contribution in [3.05, 3.63) is 29.3 Å². The summed E-state index contributed by atoms with van der Waals surface area (Å²) in [6.07, 6.45) is -2.33. The number of benzene rings is 1. The average molecular weight is 330 g/mol. The Balaban J connectivity index is 2.57. The fourth-order valence-corrected chi connectivity index (χ4v) is 3.09. The van der Waals surface area contributed by atoms with Gasteiger partial charge >= 0.3 is 5.97 Å². The molecule has 0 aromatic heterocycles. The Kier molecular flexibility index (Phi) is 5.21. The van der Waals surface area contributed by atoms with Gasteiger partial charge < -0.3 is 19.3 Å². The number of carboxylic acid groups (broad SMARTS) is 1. The van der Waals surface area contributed by atoms with E-state index in [0.29, 0.717) is 0 Å². The molecule has 128 valence electrons. The fraction of sp³-hybridized carbons (Fsp3) is 0.562. The van der Waals surface area contributed by atoms with E-state index in [9.17, 15) is 18.7 Å². The fourth-order valence-electron chi connectivity index (χ4n) is 3.09. The lowest BCUT2D eigenvalue weighted by molar-refractivity contribution is -0.151. The van der Waals surface area contributed by atoms with Crippen LogP contribution in [0.1, 0.15) is 25.3 Å². The number of aliphatic carboxylic acids is 1. The van der Waals surface area contributed by atoms with Crippen LogP contribution in [-0.4, -0.2) is 43.6 Å². The molecular weight excluding hydrogens is 310 g/mol. The van der Waals surface area contributed by atoms with E-state index in [1.807, 2.05) is 13.8 Å². The first-order chi connectivity index (χ1) is 10.8. The van der Waals surface area contributed by atoms with Gasteiger partial charge in [0.05, 0.1) is 25.2 Å². The highest BCUT2D eigenvalue weighted by atomic mass is 19.2. The average Bonchev–Trinajstić information content (AvgIpc) is 2.89. The first-order valence-electron chi connectivity index (χ1n) is 7.26. The highest BCUT2D eigenvalue weighted by Crippen LogP contribution is 2.44. The second kappa shape index (κ2) is 6.80. The molecule has 0 saturated carbocycles. The number of hydrogen-bond donors (Lipinski definition) is 1. The lowest BCUT2D eigenvalue weighted by atomic mass is 9.85. The van der Waals surface area contributed by atoms with Gasteiger partial charge in [0.25, 0.3) is 0 Å². The lowest BCUT2D eigenvalue weighted by Gasteiger charge is -2.25. The van der Waals surface area contributed by atoms with Gasteiger partial charge in [-0.25, -0.2) is 9.18 Å². The molecule has 0 radical (unpaired) electrons. The molecular formula is C16H20F2O5. The molecule has 7 heteroatoms. The zero-order valence-corrected chi connectivity index (χ0v) is 13.4. The van der Waals surface area contributed by atoms with Crippen molar-refractivity contribution in [1.29, 1.82) is 0 Å². The van der Waals surface area contributed by atoms with E-state index in [-0.39, 0.29) is 17.2 Å². The molecule has 1 aliphatic heterocycles. The van der Waals surface area contributed by atoms with Crippen LogP contribution in [0.2, 0.25) is 0 Å². The Labute approximate surface area is 133 Å². The van der Waals surface area contributed by atoms with Crippen molar-refractivity contribution in [2.24, 2.45) is 5.92 Å². The zero-order chi connectivity index (χ0) is 17.3. The van der Waals surface area contributed by atoms with Crippen molar-refractivity contribution in [2.45, 2.75) is 38.1 Å². The Bertz CT molecular complexity index is 590. The number of hydrogen-bond acceptors (Lipinski definition) is 4. The van der Waals surface area contributed by atoms with Gasteiger partial charge in [0.15, 0.2) is 17.7 Å². The molecule has 0 bridgehead atoms. The minimum absolute atomic E-state index is 0.0110. The quantitative estimate of drug-likeness (QED) is 0.899. The monoisotopic (exact) mass is 330 g/mol. The van der Waals surface area contributed by atoms with Crippen molar-refractivity contribution in [1.82, 2.24) is 0 Å². The summed E-state index contributed by atoms with van der Waals surface area (Å²) in [5.74, 6) is -4.55. The Morgan fingerprint density at radius 3 is 2.43 bits per heavy atom. The van der Waals surface area contributed by atoms with E-state index in [1.54, 1.807) is 0 Å². The smallest absolute Gasteiger partial charge is 0.333 e. The minimum Gasteiger partial charge on any atom is -0.493 e. The van der Waals surface area contributed by atoms with Gasteiger partial charge in [0.1, 0.15) is 0 Å². The molecule has 0 unspecified atom stereocenters. The van der Waals surface area contributed by atoms with Crippen LogP contribution in [0.25, 0.3) is 0 Å². The molecule has 0 aliphatic carbocycles. The number of carbonyl (C=O) groups is 1. The lowest BCUT2D eigenvalue weighted by Crippen LogP contribution is -2.33. The molecule has 5 nitrogen and oxygen atoms in total. The summed E-state index contributed by atoms with van der Waals surface area (Å²) in [5, 5.41) is 9.46. The predicted molar refractivity (Wildman–Crippen MR) is 77.6 cm³/mol. The third-order valence-corrected chi connectivity index (χ3v) is 4.12. The van der Waals surface area contributed by atoms with Gasteiger partial charge in [-0.05, 0) is 12.0 Å².